The molecule has 5 heteroatoms. The van der Waals surface area contributed by atoms with Crippen molar-refractivity contribution in [3.05, 3.63) is 23.9 Å². The molecule has 2 N–H and O–H groups in total. The van der Waals surface area contributed by atoms with Gasteiger partial charge < -0.3 is 15.4 Å². The van der Waals surface area contributed by atoms with E-state index in [9.17, 15) is 4.79 Å². The van der Waals surface area contributed by atoms with Crippen molar-refractivity contribution in [1.82, 2.24) is 15.6 Å². The lowest BCUT2D eigenvalue weighted by atomic mass is 10.1. The number of ether oxygens (including phenoxy) is 1. The number of pyridine rings is 1. The van der Waals surface area contributed by atoms with Crippen LogP contribution in [0, 0.1) is 0 Å². The molecule has 5 nitrogen and oxygen atoms in total. The summed E-state index contributed by atoms with van der Waals surface area (Å²) in [5.41, 5.74) is 0.946. The lowest BCUT2D eigenvalue weighted by Gasteiger charge is -2.23. The molecule has 2 heterocycles. The first-order valence-electron chi connectivity index (χ1n) is 5.78. The quantitative estimate of drug-likeness (QED) is 0.795. The number of nitrogens with one attached hydrogen (secondary N) is 2. The number of piperidine rings is 1. The summed E-state index contributed by atoms with van der Waals surface area (Å²) in [7, 11) is 1.61. The van der Waals surface area contributed by atoms with Gasteiger partial charge in [-0.1, -0.05) is 6.07 Å². The molecule has 92 valence electrons. The second-order valence-electron chi connectivity index (χ2n) is 4.09. The summed E-state index contributed by atoms with van der Waals surface area (Å²) >= 11 is 0. The summed E-state index contributed by atoms with van der Waals surface area (Å²) in [6.07, 6.45) is 1.49. The SMILES string of the molecule is COc1cccc(CNC2CCC(=O)NC2)n1. The fourth-order valence-electron chi connectivity index (χ4n) is 1.83. The fraction of sp³-hybridized carbons (Fsp3) is 0.500. The average Bonchev–Trinajstić information content (AvgIpc) is 2.38. The van der Waals surface area contributed by atoms with Crippen LogP contribution in [-0.4, -0.2) is 30.6 Å². The van der Waals surface area contributed by atoms with E-state index in [1.54, 1.807) is 7.11 Å². The van der Waals surface area contributed by atoms with Crippen molar-refractivity contribution in [2.75, 3.05) is 13.7 Å². The molecule has 1 aliphatic rings. The number of hydrogen-bond acceptors (Lipinski definition) is 4. The van der Waals surface area contributed by atoms with E-state index >= 15 is 0 Å². The van der Waals surface area contributed by atoms with Gasteiger partial charge in [0.1, 0.15) is 0 Å². The van der Waals surface area contributed by atoms with Crippen LogP contribution in [0.4, 0.5) is 0 Å². The summed E-state index contributed by atoms with van der Waals surface area (Å²) in [5, 5.41) is 6.22. The van der Waals surface area contributed by atoms with Crippen molar-refractivity contribution < 1.29 is 9.53 Å². The number of methoxy groups -OCH3 is 1. The van der Waals surface area contributed by atoms with Crippen LogP contribution in [0.15, 0.2) is 18.2 Å². The molecule has 1 aromatic rings. The molecule has 2 rings (SSSR count). The van der Waals surface area contributed by atoms with E-state index in [-0.39, 0.29) is 5.91 Å². The van der Waals surface area contributed by atoms with E-state index in [1.807, 2.05) is 18.2 Å². The standard InChI is InChI=1S/C12H17N3O2/c1-17-12-4-2-3-10(15-12)8-13-9-5-6-11(16)14-7-9/h2-4,9,13H,5-8H2,1H3,(H,14,16). The number of hydrogen-bond donors (Lipinski definition) is 2. The Balaban J connectivity index is 1.82. The second-order valence-corrected chi connectivity index (χ2v) is 4.09. The first-order valence-corrected chi connectivity index (χ1v) is 5.78. The molecule has 17 heavy (non-hydrogen) atoms. The van der Waals surface area contributed by atoms with Crippen molar-refractivity contribution in [2.24, 2.45) is 0 Å². The number of aromatic nitrogens is 1. The lowest BCUT2D eigenvalue weighted by Crippen LogP contribution is -2.45. The van der Waals surface area contributed by atoms with Gasteiger partial charge >= 0.3 is 0 Å². The molecule has 1 atom stereocenters. The molecule has 1 unspecified atom stereocenters. The maximum absolute atomic E-state index is 11.0. The van der Waals surface area contributed by atoms with Crippen LogP contribution in [0.1, 0.15) is 18.5 Å². The molecule has 1 fully saturated rings. The highest BCUT2D eigenvalue weighted by Gasteiger charge is 2.17. The smallest absolute Gasteiger partial charge is 0.220 e. The molecular weight excluding hydrogens is 218 g/mol. The van der Waals surface area contributed by atoms with Crippen molar-refractivity contribution >= 4 is 5.91 Å². The van der Waals surface area contributed by atoms with Gasteiger partial charge in [-0.05, 0) is 12.5 Å². The van der Waals surface area contributed by atoms with Crippen molar-refractivity contribution in [3.8, 4) is 5.88 Å². The Morgan fingerprint density at radius 2 is 2.47 bits per heavy atom. The van der Waals surface area contributed by atoms with Crippen LogP contribution in [0.25, 0.3) is 0 Å². The summed E-state index contributed by atoms with van der Waals surface area (Å²) in [6.45, 7) is 1.39. The van der Waals surface area contributed by atoms with Gasteiger partial charge in [-0.25, -0.2) is 4.98 Å². The molecule has 0 spiro atoms. The van der Waals surface area contributed by atoms with Gasteiger partial charge in [-0.2, -0.15) is 0 Å². The van der Waals surface area contributed by atoms with Gasteiger partial charge in [-0.3, -0.25) is 4.79 Å². The van der Waals surface area contributed by atoms with E-state index in [0.29, 0.717) is 31.4 Å². The number of amides is 1. The Morgan fingerprint density at radius 1 is 1.59 bits per heavy atom. The zero-order chi connectivity index (χ0) is 12.1. The molecule has 1 amide bonds. The third-order valence-electron chi connectivity index (χ3n) is 2.83. The summed E-state index contributed by atoms with van der Waals surface area (Å²) in [5.74, 6) is 0.767. The highest BCUT2D eigenvalue weighted by Crippen LogP contribution is 2.08. The fourth-order valence-corrected chi connectivity index (χ4v) is 1.83. The summed E-state index contributed by atoms with van der Waals surface area (Å²) in [4.78, 5) is 15.3. The minimum Gasteiger partial charge on any atom is -0.481 e. The van der Waals surface area contributed by atoms with Crippen LogP contribution in [0.2, 0.25) is 0 Å². The normalized spacial score (nSPS) is 19.8. The molecule has 0 saturated carbocycles. The van der Waals surface area contributed by atoms with Gasteiger partial charge in [0.25, 0.3) is 0 Å². The van der Waals surface area contributed by atoms with E-state index in [2.05, 4.69) is 15.6 Å². The van der Waals surface area contributed by atoms with Crippen molar-refractivity contribution in [1.29, 1.82) is 0 Å². The van der Waals surface area contributed by atoms with Crippen molar-refractivity contribution in [2.45, 2.75) is 25.4 Å². The number of rotatable bonds is 4. The zero-order valence-electron chi connectivity index (χ0n) is 9.90. The minimum absolute atomic E-state index is 0.141. The monoisotopic (exact) mass is 235 g/mol. The molecule has 1 aromatic heterocycles. The minimum atomic E-state index is 0.141. The molecular formula is C12H17N3O2. The van der Waals surface area contributed by atoms with Crippen LogP contribution >= 0.6 is 0 Å². The Hall–Kier alpha value is -1.62. The van der Waals surface area contributed by atoms with Crippen LogP contribution in [0.5, 0.6) is 5.88 Å². The maximum Gasteiger partial charge on any atom is 0.220 e. The highest BCUT2D eigenvalue weighted by atomic mass is 16.5. The first kappa shape index (κ1) is 11.9. The largest absolute Gasteiger partial charge is 0.481 e. The molecule has 0 bridgehead atoms. The molecule has 0 aliphatic carbocycles. The van der Waals surface area contributed by atoms with Crippen LogP contribution in [-0.2, 0) is 11.3 Å². The Kier molecular flexibility index (Phi) is 3.93. The van der Waals surface area contributed by atoms with Gasteiger partial charge in [-0.15, -0.1) is 0 Å². The highest BCUT2D eigenvalue weighted by molar-refractivity contribution is 5.76. The van der Waals surface area contributed by atoms with E-state index < -0.39 is 0 Å². The summed E-state index contributed by atoms with van der Waals surface area (Å²) in [6, 6.07) is 6.04. The summed E-state index contributed by atoms with van der Waals surface area (Å²) < 4.78 is 5.06. The van der Waals surface area contributed by atoms with Crippen molar-refractivity contribution in [3.63, 3.8) is 0 Å². The number of carbonyl (C=O) groups excluding carboxylic acids is 1. The Morgan fingerprint density at radius 3 is 3.18 bits per heavy atom. The predicted molar refractivity (Wildman–Crippen MR) is 63.7 cm³/mol. The topological polar surface area (TPSA) is 63.2 Å². The number of carbonyl (C=O) groups is 1. The lowest BCUT2D eigenvalue weighted by molar-refractivity contribution is -0.122. The Bertz CT molecular complexity index is 385. The third kappa shape index (κ3) is 3.42. The maximum atomic E-state index is 11.0. The van der Waals surface area contributed by atoms with Crippen LogP contribution in [0.3, 0.4) is 0 Å². The van der Waals surface area contributed by atoms with Gasteiger partial charge in [0, 0.05) is 31.6 Å². The Labute approximate surface area is 101 Å². The van der Waals surface area contributed by atoms with Gasteiger partial charge in [0.05, 0.1) is 12.8 Å². The third-order valence-corrected chi connectivity index (χ3v) is 2.83. The predicted octanol–water partition coefficient (Wildman–Crippen LogP) is 0.458. The first-order chi connectivity index (χ1) is 8.28. The molecule has 1 saturated heterocycles. The van der Waals surface area contributed by atoms with E-state index in [1.165, 1.54) is 0 Å². The van der Waals surface area contributed by atoms with E-state index in [4.69, 9.17) is 4.74 Å². The molecule has 0 radical (unpaired) electrons. The number of nitrogens with zero attached hydrogens (tertiary/aromatic N) is 1. The molecule has 0 aromatic carbocycles. The van der Waals surface area contributed by atoms with Gasteiger partial charge in [0.2, 0.25) is 11.8 Å². The van der Waals surface area contributed by atoms with E-state index in [0.717, 1.165) is 12.1 Å². The average molecular weight is 235 g/mol. The second kappa shape index (κ2) is 5.63. The van der Waals surface area contributed by atoms with Gasteiger partial charge in [0.15, 0.2) is 0 Å². The van der Waals surface area contributed by atoms with Crippen LogP contribution < -0.4 is 15.4 Å². The zero-order valence-corrected chi connectivity index (χ0v) is 9.90. The molecule has 1 aliphatic heterocycles.